The van der Waals surface area contributed by atoms with Gasteiger partial charge < -0.3 is 14.4 Å². The summed E-state index contributed by atoms with van der Waals surface area (Å²) in [5, 5.41) is -0.473. The van der Waals surface area contributed by atoms with Crippen LogP contribution in [-0.4, -0.2) is 59.6 Å². The van der Waals surface area contributed by atoms with Crippen LogP contribution in [0.4, 0.5) is 4.79 Å². The molecule has 0 unspecified atom stereocenters. The highest BCUT2D eigenvalue weighted by Crippen LogP contribution is 2.35. The number of esters is 1. The number of benzene rings is 2. The topological polar surface area (TPSA) is 93.2 Å². The number of methoxy groups -OCH3 is 1. The molecule has 2 heterocycles. The number of aryl methyl sites for hydroxylation is 1. The maximum absolute atomic E-state index is 12.8. The Kier molecular flexibility index (Phi) is 7.02. The van der Waals surface area contributed by atoms with E-state index < -0.39 is 17.1 Å². The van der Waals surface area contributed by atoms with Crippen molar-refractivity contribution in [3.05, 3.63) is 64.1 Å². The van der Waals surface area contributed by atoms with Crippen LogP contribution in [0.1, 0.15) is 34.3 Å². The van der Waals surface area contributed by atoms with Crippen molar-refractivity contribution in [2.24, 2.45) is 0 Å². The molecule has 34 heavy (non-hydrogen) atoms. The molecule has 2 aromatic rings. The maximum atomic E-state index is 12.8. The van der Waals surface area contributed by atoms with Gasteiger partial charge in [0.2, 0.25) is 5.91 Å². The molecular weight excluding hydrogens is 456 g/mol. The van der Waals surface area contributed by atoms with Gasteiger partial charge in [0.1, 0.15) is 6.54 Å². The number of ether oxygens (including phenoxy) is 2. The lowest BCUT2D eigenvalue weighted by Gasteiger charge is -2.18. The third kappa shape index (κ3) is 5.14. The molecule has 0 aliphatic carbocycles. The Bertz CT molecular complexity index is 1170. The van der Waals surface area contributed by atoms with E-state index >= 15 is 0 Å². The molecule has 176 valence electrons. The van der Waals surface area contributed by atoms with Gasteiger partial charge in [-0.25, -0.2) is 4.79 Å². The van der Waals surface area contributed by atoms with E-state index in [0.717, 1.165) is 35.1 Å². The van der Waals surface area contributed by atoms with Crippen molar-refractivity contribution in [3.8, 4) is 11.5 Å². The van der Waals surface area contributed by atoms with Crippen molar-refractivity contribution in [1.29, 1.82) is 0 Å². The van der Waals surface area contributed by atoms with Crippen LogP contribution in [0, 0.1) is 6.92 Å². The largest absolute Gasteiger partial charge is 0.493 e. The second-order valence-electron chi connectivity index (χ2n) is 8.02. The third-order valence-electron chi connectivity index (χ3n) is 5.60. The minimum atomic E-state index is -0.519. The number of nitrogens with zero attached hydrogens (tertiary/aromatic N) is 2. The van der Waals surface area contributed by atoms with Crippen molar-refractivity contribution in [1.82, 2.24) is 9.80 Å². The summed E-state index contributed by atoms with van der Waals surface area (Å²) in [6.07, 6.45) is 3.43. The van der Waals surface area contributed by atoms with Gasteiger partial charge in [-0.15, -0.1) is 0 Å². The second kappa shape index (κ2) is 10.1. The van der Waals surface area contributed by atoms with Crippen LogP contribution in [0.5, 0.6) is 11.5 Å². The smallest absolute Gasteiger partial charge is 0.343 e. The average Bonchev–Trinajstić information content (AvgIpc) is 3.45. The van der Waals surface area contributed by atoms with E-state index in [1.54, 1.807) is 41.3 Å². The standard InChI is InChI=1S/C25H24N2O6S/c1-16-5-8-18(9-6-16)24(30)33-19-10-7-17(13-20(19)32-2)14-21-23(29)27(25(31)34-21)15-22(28)26-11-3-4-12-26/h5-10,13-14H,3-4,11-12,15H2,1-2H3/b21-14-. The lowest BCUT2D eigenvalue weighted by Crippen LogP contribution is -2.40. The number of imide groups is 1. The number of likely N-dealkylation sites (tertiary alicyclic amines) is 1. The van der Waals surface area contributed by atoms with Gasteiger partial charge in [0.25, 0.3) is 11.1 Å². The predicted molar refractivity (Wildman–Crippen MR) is 128 cm³/mol. The SMILES string of the molecule is COc1cc(/C=C2\SC(=O)N(CC(=O)N3CCCC3)C2=O)ccc1OC(=O)c1ccc(C)cc1. The summed E-state index contributed by atoms with van der Waals surface area (Å²) < 4.78 is 10.8. The van der Waals surface area contributed by atoms with E-state index in [2.05, 4.69) is 0 Å². The van der Waals surface area contributed by atoms with Crippen LogP contribution in [0.15, 0.2) is 47.4 Å². The summed E-state index contributed by atoms with van der Waals surface area (Å²) in [6, 6.07) is 11.8. The number of carbonyl (C=O) groups is 4. The summed E-state index contributed by atoms with van der Waals surface area (Å²) in [5.41, 5.74) is 2.03. The molecule has 2 aromatic carbocycles. The van der Waals surface area contributed by atoms with Crippen LogP contribution in [0.2, 0.25) is 0 Å². The molecule has 9 heteroatoms. The molecule has 2 fully saturated rings. The van der Waals surface area contributed by atoms with Crippen molar-refractivity contribution < 1.29 is 28.7 Å². The van der Waals surface area contributed by atoms with Crippen LogP contribution in [-0.2, 0) is 9.59 Å². The van der Waals surface area contributed by atoms with E-state index in [4.69, 9.17) is 9.47 Å². The Hall–Kier alpha value is -3.59. The van der Waals surface area contributed by atoms with Crippen LogP contribution >= 0.6 is 11.8 Å². The van der Waals surface area contributed by atoms with Gasteiger partial charge in [-0.1, -0.05) is 23.8 Å². The summed E-state index contributed by atoms with van der Waals surface area (Å²) in [7, 11) is 1.44. The molecule has 4 rings (SSSR count). The van der Waals surface area contributed by atoms with Gasteiger partial charge in [-0.05, 0) is 67.4 Å². The van der Waals surface area contributed by atoms with E-state index in [1.807, 2.05) is 19.1 Å². The van der Waals surface area contributed by atoms with Gasteiger partial charge in [-0.3, -0.25) is 19.3 Å². The van der Waals surface area contributed by atoms with Crippen molar-refractivity contribution in [2.75, 3.05) is 26.7 Å². The zero-order valence-electron chi connectivity index (χ0n) is 18.9. The lowest BCUT2D eigenvalue weighted by atomic mass is 10.1. The summed E-state index contributed by atoms with van der Waals surface area (Å²) in [5.74, 6) is -0.708. The van der Waals surface area contributed by atoms with Crippen molar-refractivity contribution in [2.45, 2.75) is 19.8 Å². The number of thioether (sulfide) groups is 1. The normalized spacial score (nSPS) is 16.9. The predicted octanol–water partition coefficient (Wildman–Crippen LogP) is 3.88. The molecular formula is C25H24N2O6S. The van der Waals surface area contributed by atoms with E-state index in [-0.39, 0.29) is 23.1 Å². The maximum Gasteiger partial charge on any atom is 0.343 e. The monoisotopic (exact) mass is 480 g/mol. The number of amides is 3. The van der Waals surface area contributed by atoms with Gasteiger partial charge in [0, 0.05) is 13.1 Å². The first-order chi connectivity index (χ1) is 16.4. The lowest BCUT2D eigenvalue weighted by molar-refractivity contribution is -0.135. The molecule has 2 aliphatic rings. The fourth-order valence-corrected chi connectivity index (χ4v) is 4.53. The first-order valence-corrected chi connectivity index (χ1v) is 11.7. The molecule has 3 amide bonds. The molecule has 2 aliphatic heterocycles. The fraction of sp³-hybridized carbons (Fsp3) is 0.280. The zero-order chi connectivity index (χ0) is 24.2. The molecule has 0 N–H and O–H groups in total. The van der Waals surface area contributed by atoms with Crippen molar-refractivity contribution >= 4 is 40.9 Å². The molecule has 0 atom stereocenters. The second-order valence-corrected chi connectivity index (χ2v) is 9.01. The fourth-order valence-electron chi connectivity index (χ4n) is 3.70. The first kappa shape index (κ1) is 23.6. The number of hydrogen-bond donors (Lipinski definition) is 0. The highest BCUT2D eigenvalue weighted by molar-refractivity contribution is 8.18. The molecule has 0 aromatic heterocycles. The van der Waals surface area contributed by atoms with Gasteiger partial charge in [-0.2, -0.15) is 0 Å². The minimum absolute atomic E-state index is 0.214. The molecule has 0 radical (unpaired) electrons. The first-order valence-electron chi connectivity index (χ1n) is 10.9. The highest BCUT2D eigenvalue weighted by atomic mass is 32.2. The number of rotatable bonds is 6. The van der Waals surface area contributed by atoms with Gasteiger partial charge in [0.05, 0.1) is 17.6 Å². The average molecular weight is 481 g/mol. The van der Waals surface area contributed by atoms with E-state index in [0.29, 0.717) is 30.0 Å². The van der Waals surface area contributed by atoms with Crippen LogP contribution in [0.3, 0.4) is 0 Å². The van der Waals surface area contributed by atoms with Gasteiger partial charge in [0.15, 0.2) is 11.5 Å². The summed E-state index contributed by atoms with van der Waals surface area (Å²) in [4.78, 5) is 52.8. The third-order valence-corrected chi connectivity index (χ3v) is 6.51. The van der Waals surface area contributed by atoms with E-state index in [9.17, 15) is 19.2 Å². The molecule has 2 saturated heterocycles. The molecule has 8 nitrogen and oxygen atoms in total. The Labute approximate surface area is 201 Å². The summed E-state index contributed by atoms with van der Waals surface area (Å²) in [6.45, 7) is 2.99. The number of hydrogen-bond acceptors (Lipinski definition) is 7. The quantitative estimate of drug-likeness (QED) is 0.352. The zero-order valence-corrected chi connectivity index (χ0v) is 19.7. The Morgan fingerprint density at radius 1 is 1.03 bits per heavy atom. The molecule has 0 saturated carbocycles. The highest BCUT2D eigenvalue weighted by Gasteiger charge is 2.37. The van der Waals surface area contributed by atoms with Crippen LogP contribution < -0.4 is 9.47 Å². The van der Waals surface area contributed by atoms with Gasteiger partial charge >= 0.3 is 5.97 Å². The van der Waals surface area contributed by atoms with E-state index in [1.165, 1.54) is 7.11 Å². The molecule has 0 spiro atoms. The van der Waals surface area contributed by atoms with Crippen LogP contribution in [0.25, 0.3) is 6.08 Å². The molecule has 0 bridgehead atoms. The Morgan fingerprint density at radius 2 is 1.74 bits per heavy atom. The number of carbonyl (C=O) groups excluding carboxylic acids is 4. The minimum Gasteiger partial charge on any atom is -0.493 e. The summed E-state index contributed by atoms with van der Waals surface area (Å²) >= 11 is 0.789. The Morgan fingerprint density at radius 3 is 2.41 bits per heavy atom. The Balaban J connectivity index is 1.47. The van der Waals surface area contributed by atoms with Crippen molar-refractivity contribution in [3.63, 3.8) is 0 Å².